The van der Waals surface area contributed by atoms with Crippen molar-refractivity contribution in [3.8, 4) is 12.1 Å². The minimum atomic E-state index is -0.756. The summed E-state index contributed by atoms with van der Waals surface area (Å²) < 4.78 is 7.16. The van der Waals surface area contributed by atoms with Crippen molar-refractivity contribution in [3.05, 3.63) is 75.6 Å². The first-order valence-corrected chi connectivity index (χ1v) is 12.7. The molecule has 1 aromatic carbocycles. The second-order valence-electron chi connectivity index (χ2n) is 8.61. The first-order chi connectivity index (χ1) is 17.4. The van der Waals surface area contributed by atoms with Gasteiger partial charge in [-0.1, -0.05) is 30.3 Å². The number of nitriles is 2. The van der Waals surface area contributed by atoms with E-state index in [1.54, 1.807) is 12.3 Å². The summed E-state index contributed by atoms with van der Waals surface area (Å²) in [5, 5.41) is 22.6. The molecule has 1 N–H and O–H groups in total. The van der Waals surface area contributed by atoms with Gasteiger partial charge < -0.3 is 14.6 Å². The van der Waals surface area contributed by atoms with Crippen molar-refractivity contribution in [1.29, 1.82) is 10.5 Å². The van der Waals surface area contributed by atoms with Crippen LogP contribution in [0.5, 0.6) is 0 Å². The van der Waals surface area contributed by atoms with Crippen molar-refractivity contribution in [2.75, 3.05) is 18.2 Å². The van der Waals surface area contributed by atoms with Gasteiger partial charge in [0.25, 0.3) is 5.91 Å². The lowest BCUT2D eigenvalue weighted by atomic mass is 10.1. The van der Waals surface area contributed by atoms with Crippen LogP contribution in [0.2, 0.25) is 0 Å². The number of rotatable bonds is 8. The molecule has 0 bridgehead atoms. The maximum absolute atomic E-state index is 12.9. The second-order valence-corrected chi connectivity index (χ2v) is 9.40. The fraction of sp³-hybridized carbons (Fsp3) is 0.296. The Bertz CT molecular complexity index is 1410. The lowest BCUT2D eigenvalue weighted by Gasteiger charge is -2.14. The van der Waals surface area contributed by atoms with Crippen LogP contribution in [0.25, 0.3) is 0 Å². The van der Waals surface area contributed by atoms with E-state index in [-0.39, 0.29) is 17.0 Å². The topological polar surface area (TPSA) is 121 Å². The van der Waals surface area contributed by atoms with E-state index in [1.165, 1.54) is 11.8 Å². The van der Waals surface area contributed by atoms with E-state index in [2.05, 4.69) is 16.4 Å². The van der Waals surface area contributed by atoms with Gasteiger partial charge in [-0.05, 0) is 50.1 Å². The highest BCUT2D eigenvalue weighted by molar-refractivity contribution is 7.98. The molecular weight excluding hydrogens is 474 g/mol. The zero-order valence-corrected chi connectivity index (χ0v) is 21.1. The lowest BCUT2D eigenvalue weighted by Crippen LogP contribution is -2.23. The van der Waals surface area contributed by atoms with Gasteiger partial charge in [-0.3, -0.25) is 4.79 Å². The second kappa shape index (κ2) is 10.7. The molecule has 2 heterocycles. The molecule has 1 aliphatic carbocycles. The van der Waals surface area contributed by atoms with E-state index >= 15 is 0 Å². The predicted octanol–water partition coefficient (Wildman–Crippen LogP) is 4.69. The number of carbonyl (C=O) groups excluding carboxylic acids is 2. The minimum absolute atomic E-state index is 0.114. The number of hydrogen-bond donors (Lipinski definition) is 1. The molecule has 2 aromatic heterocycles. The SMILES string of the molecule is CSc1nc(C2CC2)cc(C(=O)OCC(=O)Nc2c(C#N)c(C)c(C)n2Cc2ccccc2)c1C#N. The number of thioether (sulfide) groups is 1. The first-order valence-electron chi connectivity index (χ1n) is 11.5. The van der Waals surface area contributed by atoms with E-state index < -0.39 is 18.5 Å². The van der Waals surface area contributed by atoms with Gasteiger partial charge in [0.1, 0.15) is 23.0 Å². The molecule has 1 fully saturated rings. The number of pyridine rings is 1. The standard InChI is InChI=1S/C27H25N5O3S/c1-16-17(2)32(14-18-7-5-4-6-8-18)25(21(16)12-28)31-24(33)15-35-27(34)20-11-23(19-9-10-19)30-26(36-3)22(20)13-29/h4-8,11,19H,9-10,14-15H2,1-3H3,(H,31,33). The van der Waals surface area contributed by atoms with Crippen LogP contribution in [-0.4, -0.2) is 34.3 Å². The number of nitrogens with zero attached hydrogens (tertiary/aromatic N) is 4. The summed E-state index contributed by atoms with van der Waals surface area (Å²) in [6.07, 6.45) is 3.78. The van der Waals surface area contributed by atoms with Gasteiger partial charge in [0.2, 0.25) is 0 Å². The summed E-state index contributed by atoms with van der Waals surface area (Å²) in [7, 11) is 0. The molecule has 182 valence electrons. The van der Waals surface area contributed by atoms with Crippen LogP contribution < -0.4 is 5.32 Å². The van der Waals surface area contributed by atoms with Crippen LogP contribution in [0.15, 0.2) is 41.4 Å². The van der Waals surface area contributed by atoms with Crippen LogP contribution in [-0.2, 0) is 16.1 Å². The third-order valence-corrected chi connectivity index (χ3v) is 6.93. The highest BCUT2D eigenvalue weighted by Gasteiger charge is 2.29. The average Bonchev–Trinajstić information content (AvgIpc) is 3.72. The monoisotopic (exact) mass is 499 g/mol. The van der Waals surface area contributed by atoms with Gasteiger partial charge in [-0.25, -0.2) is 9.78 Å². The molecular formula is C27H25N5O3S. The summed E-state index contributed by atoms with van der Waals surface area (Å²) in [6, 6.07) is 15.5. The number of hydrogen-bond acceptors (Lipinski definition) is 7. The summed E-state index contributed by atoms with van der Waals surface area (Å²) >= 11 is 1.29. The maximum atomic E-state index is 12.9. The number of benzene rings is 1. The molecule has 1 amide bonds. The maximum Gasteiger partial charge on any atom is 0.340 e. The van der Waals surface area contributed by atoms with E-state index in [1.807, 2.05) is 54.8 Å². The average molecular weight is 500 g/mol. The molecule has 0 radical (unpaired) electrons. The quantitative estimate of drug-likeness (QED) is 0.353. The van der Waals surface area contributed by atoms with Crippen LogP contribution in [0, 0.1) is 36.5 Å². The lowest BCUT2D eigenvalue weighted by molar-refractivity contribution is -0.119. The summed E-state index contributed by atoms with van der Waals surface area (Å²) in [6.45, 7) is 3.63. The smallest absolute Gasteiger partial charge is 0.340 e. The minimum Gasteiger partial charge on any atom is -0.452 e. The Labute approximate surface area is 213 Å². The molecule has 3 aromatic rings. The van der Waals surface area contributed by atoms with E-state index in [0.717, 1.165) is 35.4 Å². The third-order valence-electron chi connectivity index (χ3n) is 6.24. The number of amides is 1. The number of esters is 1. The highest BCUT2D eigenvalue weighted by atomic mass is 32.2. The number of anilines is 1. The van der Waals surface area contributed by atoms with Crippen LogP contribution in [0.1, 0.15) is 62.8 Å². The Balaban J connectivity index is 1.53. The molecule has 0 spiro atoms. The van der Waals surface area contributed by atoms with Crippen molar-refractivity contribution in [1.82, 2.24) is 9.55 Å². The van der Waals surface area contributed by atoms with Crippen molar-refractivity contribution in [2.24, 2.45) is 0 Å². The van der Waals surface area contributed by atoms with Gasteiger partial charge in [0.15, 0.2) is 6.61 Å². The number of aromatic nitrogens is 2. The van der Waals surface area contributed by atoms with Gasteiger partial charge in [-0.15, -0.1) is 11.8 Å². The van der Waals surface area contributed by atoms with Gasteiger partial charge >= 0.3 is 5.97 Å². The Kier molecular flexibility index (Phi) is 7.42. The zero-order valence-electron chi connectivity index (χ0n) is 20.3. The zero-order chi connectivity index (χ0) is 25.8. The largest absolute Gasteiger partial charge is 0.452 e. The Morgan fingerprint density at radius 3 is 2.47 bits per heavy atom. The van der Waals surface area contributed by atoms with E-state index in [4.69, 9.17) is 4.74 Å². The Morgan fingerprint density at radius 2 is 1.86 bits per heavy atom. The number of nitrogens with one attached hydrogen (secondary N) is 1. The van der Waals surface area contributed by atoms with Gasteiger partial charge in [-0.2, -0.15) is 10.5 Å². The van der Waals surface area contributed by atoms with Crippen LogP contribution >= 0.6 is 11.8 Å². The molecule has 0 unspecified atom stereocenters. The van der Waals surface area contributed by atoms with Crippen molar-refractivity contribution < 1.29 is 14.3 Å². The summed E-state index contributed by atoms with van der Waals surface area (Å²) in [4.78, 5) is 30.2. The molecule has 9 heteroatoms. The van der Waals surface area contributed by atoms with Crippen LogP contribution in [0.4, 0.5) is 5.82 Å². The highest BCUT2D eigenvalue weighted by Crippen LogP contribution is 2.40. The molecule has 1 aliphatic rings. The van der Waals surface area contributed by atoms with Crippen molar-refractivity contribution in [2.45, 2.75) is 44.2 Å². The van der Waals surface area contributed by atoms with E-state index in [9.17, 15) is 20.1 Å². The molecule has 4 rings (SSSR count). The Hall–Kier alpha value is -4.08. The predicted molar refractivity (Wildman–Crippen MR) is 136 cm³/mol. The molecule has 0 aliphatic heterocycles. The summed E-state index contributed by atoms with van der Waals surface area (Å²) in [5.41, 5.74) is 4.03. The molecule has 1 saturated carbocycles. The molecule has 36 heavy (non-hydrogen) atoms. The summed E-state index contributed by atoms with van der Waals surface area (Å²) in [5.74, 6) is -0.688. The normalized spacial score (nSPS) is 12.5. The first kappa shape index (κ1) is 25.0. The number of carbonyl (C=O) groups is 2. The van der Waals surface area contributed by atoms with Crippen molar-refractivity contribution in [3.63, 3.8) is 0 Å². The fourth-order valence-corrected chi connectivity index (χ4v) is 4.57. The van der Waals surface area contributed by atoms with Gasteiger partial charge in [0.05, 0.1) is 16.7 Å². The van der Waals surface area contributed by atoms with Gasteiger partial charge in [0, 0.05) is 23.9 Å². The van der Waals surface area contributed by atoms with E-state index in [0.29, 0.717) is 23.0 Å². The number of ether oxygens (including phenoxy) is 1. The fourth-order valence-electron chi connectivity index (χ4n) is 4.02. The Morgan fingerprint density at radius 1 is 1.17 bits per heavy atom. The molecule has 0 saturated heterocycles. The van der Waals surface area contributed by atoms with Crippen molar-refractivity contribution >= 4 is 29.5 Å². The third kappa shape index (κ3) is 5.12. The van der Waals surface area contributed by atoms with Crippen LogP contribution in [0.3, 0.4) is 0 Å². The molecule has 0 atom stereocenters. The molecule has 8 nitrogen and oxygen atoms in total.